The normalized spacial score (nSPS) is 10.6. The summed E-state index contributed by atoms with van der Waals surface area (Å²) < 4.78 is 5.17. The first-order valence-corrected chi connectivity index (χ1v) is 7.62. The van der Waals surface area contributed by atoms with E-state index < -0.39 is 4.92 Å². The maximum Gasteiger partial charge on any atom is 0.270 e. The fourth-order valence-corrected chi connectivity index (χ4v) is 2.44. The van der Waals surface area contributed by atoms with Crippen molar-refractivity contribution in [3.8, 4) is 5.75 Å². The van der Waals surface area contributed by atoms with Crippen LogP contribution in [0.25, 0.3) is 11.0 Å². The monoisotopic (exact) mass is 340 g/mol. The maximum absolute atomic E-state index is 12.1. The quantitative estimate of drug-likeness (QED) is 0.529. The van der Waals surface area contributed by atoms with Gasteiger partial charge in [-0.25, -0.2) is 4.98 Å². The third-order valence-corrected chi connectivity index (χ3v) is 3.70. The van der Waals surface area contributed by atoms with Crippen LogP contribution in [0.4, 0.5) is 5.69 Å². The van der Waals surface area contributed by atoms with Crippen LogP contribution in [-0.4, -0.2) is 34.5 Å². The largest absolute Gasteiger partial charge is 0.497 e. The number of nitro groups is 1. The predicted octanol–water partition coefficient (Wildman–Crippen LogP) is 2.45. The number of H-pyrrole nitrogens is 1. The van der Waals surface area contributed by atoms with Gasteiger partial charge in [-0.2, -0.15) is 0 Å². The average Bonchev–Trinajstić information content (AvgIpc) is 3.03. The first-order valence-electron chi connectivity index (χ1n) is 7.62. The highest BCUT2D eigenvalue weighted by atomic mass is 16.6. The Balaban J connectivity index is 1.61. The molecule has 3 rings (SSSR count). The summed E-state index contributed by atoms with van der Waals surface area (Å²) in [5.41, 5.74) is 1.82. The third kappa shape index (κ3) is 3.74. The zero-order valence-electron chi connectivity index (χ0n) is 13.5. The molecule has 0 atom stereocenters. The fraction of sp³-hybridized carbons (Fsp3) is 0.176. The summed E-state index contributed by atoms with van der Waals surface area (Å²) in [6.45, 7) is 0.360. The first kappa shape index (κ1) is 16.4. The number of imidazole rings is 1. The Bertz CT molecular complexity index is 935. The number of nitrogens with one attached hydrogen (secondary N) is 2. The number of amides is 1. The molecule has 0 fully saturated rings. The molecular formula is C17H16N4O4. The highest BCUT2D eigenvalue weighted by molar-refractivity contribution is 5.94. The van der Waals surface area contributed by atoms with Crippen molar-refractivity contribution in [3.63, 3.8) is 0 Å². The van der Waals surface area contributed by atoms with Crippen LogP contribution in [0.5, 0.6) is 5.75 Å². The lowest BCUT2D eigenvalue weighted by Gasteiger charge is -2.04. The molecule has 8 nitrogen and oxygen atoms in total. The van der Waals surface area contributed by atoms with E-state index in [4.69, 9.17) is 4.74 Å². The molecule has 2 N–H and O–H groups in total. The molecule has 0 radical (unpaired) electrons. The van der Waals surface area contributed by atoms with E-state index in [9.17, 15) is 14.9 Å². The van der Waals surface area contributed by atoms with Gasteiger partial charge in [-0.15, -0.1) is 0 Å². The van der Waals surface area contributed by atoms with Gasteiger partial charge in [0.1, 0.15) is 11.6 Å². The van der Waals surface area contributed by atoms with Crippen LogP contribution in [0.2, 0.25) is 0 Å². The average molecular weight is 340 g/mol. The molecule has 25 heavy (non-hydrogen) atoms. The highest BCUT2D eigenvalue weighted by Crippen LogP contribution is 2.18. The van der Waals surface area contributed by atoms with E-state index >= 15 is 0 Å². The molecule has 1 amide bonds. The van der Waals surface area contributed by atoms with Crippen molar-refractivity contribution in [1.29, 1.82) is 0 Å². The molecule has 0 spiro atoms. The van der Waals surface area contributed by atoms with Gasteiger partial charge in [0.25, 0.3) is 11.6 Å². The van der Waals surface area contributed by atoms with Crippen molar-refractivity contribution in [2.75, 3.05) is 13.7 Å². The second-order valence-corrected chi connectivity index (χ2v) is 5.38. The van der Waals surface area contributed by atoms with E-state index in [1.807, 2.05) is 18.2 Å². The Morgan fingerprint density at radius 3 is 2.92 bits per heavy atom. The molecule has 0 bridgehead atoms. The molecule has 0 unspecified atom stereocenters. The zero-order chi connectivity index (χ0) is 17.8. The Morgan fingerprint density at radius 1 is 1.32 bits per heavy atom. The van der Waals surface area contributed by atoms with Gasteiger partial charge >= 0.3 is 0 Å². The molecule has 128 valence electrons. The number of aromatic amines is 1. The SMILES string of the molecule is COc1ccc2nc(CCNC(=O)c3cccc([N+](=O)[O-])c3)[nH]c2c1. The van der Waals surface area contributed by atoms with Crippen LogP contribution >= 0.6 is 0 Å². The number of methoxy groups -OCH3 is 1. The molecule has 0 aliphatic rings. The van der Waals surface area contributed by atoms with Gasteiger partial charge in [-0.05, 0) is 18.2 Å². The minimum absolute atomic E-state index is 0.112. The van der Waals surface area contributed by atoms with E-state index in [-0.39, 0.29) is 17.2 Å². The van der Waals surface area contributed by atoms with E-state index in [0.29, 0.717) is 13.0 Å². The first-order chi connectivity index (χ1) is 12.1. The zero-order valence-corrected chi connectivity index (χ0v) is 13.5. The highest BCUT2D eigenvalue weighted by Gasteiger charge is 2.11. The van der Waals surface area contributed by atoms with Gasteiger partial charge in [0.05, 0.1) is 23.1 Å². The topological polar surface area (TPSA) is 110 Å². The van der Waals surface area contributed by atoms with Crippen molar-refractivity contribution in [2.24, 2.45) is 0 Å². The van der Waals surface area contributed by atoms with E-state index in [1.54, 1.807) is 7.11 Å². The smallest absolute Gasteiger partial charge is 0.270 e. The van der Waals surface area contributed by atoms with Crippen LogP contribution in [-0.2, 0) is 6.42 Å². The fourth-order valence-electron chi connectivity index (χ4n) is 2.44. The summed E-state index contributed by atoms with van der Waals surface area (Å²) in [7, 11) is 1.60. The van der Waals surface area contributed by atoms with Crippen LogP contribution in [0, 0.1) is 10.1 Å². The molecule has 0 saturated heterocycles. The number of non-ortho nitro benzene ring substituents is 1. The molecular weight excluding hydrogens is 324 g/mol. The number of hydrogen-bond acceptors (Lipinski definition) is 5. The van der Waals surface area contributed by atoms with Gasteiger partial charge in [0.15, 0.2) is 0 Å². The van der Waals surface area contributed by atoms with Crippen LogP contribution in [0.1, 0.15) is 16.2 Å². The lowest BCUT2D eigenvalue weighted by Crippen LogP contribution is -2.25. The van der Waals surface area contributed by atoms with Gasteiger partial charge in [-0.1, -0.05) is 6.07 Å². The molecule has 0 saturated carbocycles. The summed E-state index contributed by atoms with van der Waals surface area (Å²) in [5.74, 6) is 1.12. The molecule has 0 aliphatic carbocycles. The molecule has 8 heteroatoms. The van der Waals surface area contributed by atoms with Crippen LogP contribution in [0.15, 0.2) is 42.5 Å². The summed E-state index contributed by atoms with van der Waals surface area (Å²) in [6.07, 6.45) is 0.512. The molecule has 1 aromatic heterocycles. The minimum Gasteiger partial charge on any atom is -0.497 e. The van der Waals surface area contributed by atoms with Crippen molar-refractivity contribution < 1.29 is 14.5 Å². The molecule has 2 aromatic carbocycles. The summed E-state index contributed by atoms with van der Waals surface area (Å²) in [4.78, 5) is 29.9. The second-order valence-electron chi connectivity index (χ2n) is 5.38. The Labute approximate surface area is 143 Å². The number of ether oxygens (including phenoxy) is 1. The number of carbonyl (C=O) groups excluding carboxylic acids is 1. The van der Waals surface area contributed by atoms with Crippen molar-refractivity contribution in [3.05, 3.63) is 64.0 Å². The Hall–Kier alpha value is -3.42. The lowest BCUT2D eigenvalue weighted by molar-refractivity contribution is -0.384. The number of nitrogens with zero attached hydrogens (tertiary/aromatic N) is 2. The van der Waals surface area contributed by atoms with Crippen molar-refractivity contribution in [2.45, 2.75) is 6.42 Å². The number of benzene rings is 2. The Kier molecular flexibility index (Phi) is 4.60. The predicted molar refractivity (Wildman–Crippen MR) is 91.8 cm³/mol. The van der Waals surface area contributed by atoms with Gasteiger partial charge < -0.3 is 15.0 Å². The lowest BCUT2D eigenvalue weighted by atomic mass is 10.2. The standard InChI is InChI=1S/C17H16N4O4/c1-25-13-5-6-14-15(10-13)20-16(19-14)7-8-18-17(22)11-3-2-4-12(9-11)21(23)24/h2-6,9-10H,7-8H2,1H3,(H,18,22)(H,19,20). The number of hydrogen-bond donors (Lipinski definition) is 2. The third-order valence-electron chi connectivity index (χ3n) is 3.70. The number of rotatable bonds is 6. The maximum atomic E-state index is 12.1. The van der Waals surface area contributed by atoms with E-state index in [0.717, 1.165) is 22.6 Å². The number of nitro benzene ring substituents is 1. The Morgan fingerprint density at radius 2 is 2.16 bits per heavy atom. The van der Waals surface area contributed by atoms with Gasteiger partial charge in [0.2, 0.25) is 0 Å². The van der Waals surface area contributed by atoms with Gasteiger partial charge in [0, 0.05) is 36.7 Å². The number of carbonyl (C=O) groups is 1. The van der Waals surface area contributed by atoms with Crippen LogP contribution < -0.4 is 10.1 Å². The van der Waals surface area contributed by atoms with E-state index in [2.05, 4.69) is 15.3 Å². The number of fused-ring (bicyclic) bond motifs is 1. The second kappa shape index (κ2) is 7.00. The van der Waals surface area contributed by atoms with E-state index in [1.165, 1.54) is 24.3 Å². The van der Waals surface area contributed by atoms with Crippen molar-refractivity contribution >= 4 is 22.6 Å². The molecule has 1 heterocycles. The number of aromatic nitrogens is 2. The summed E-state index contributed by atoms with van der Waals surface area (Å²) >= 11 is 0. The summed E-state index contributed by atoms with van der Waals surface area (Å²) in [5, 5.41) is 13.5. The minimum atomic E-state index is -0.528. The molecule has 3 aromatic rings. The molecule has 0 aliphatic heterocycles. The van der Waals surface area contributed by atoms with Gasteiger partial charge in [-0.3, -0.25) is 14.9 Å². The summed E-state index contributed by atoms with van der Waals surface area (Å²) in [6, 6.07) is 11.2. The van der Waals surface area contributed by atoms with Crippen molar-refractivity contribution in [1.82, 2.24) is 15.3 Å². The van der Waals surface area contributed by atoms with Crippen LogP contribution in [0.3, 0.4) is 0 Å².